The van der Waals surface area contributed by atoms with Crippen LogP contribution in [0.5, 0.6) is 0 Å². The summed E-state index contributed by atoms with van der Waals surface area (Å²) in [6.07, 6.45) is 0.844. The minimum Gasteiger partial charge on any atom is -0.338 e. The molecule has 0 atom stereocenters. The van der Waals surface area contributed by atoms with Crippen LogP contribution >= 0.6 is 11.8 Å². The van der Waals surface area contributed by atoms with Crippen molar-refractivity contribution in [2.75, 3.05) is 12.3 Å². The summed E-state index contributed by atoms with van der Waals surface area (Å²) < 4.78 is 0. The minimum atomic E-state index is -0.425. The predicted octanol–water partition coefficient (Wildman–Crippen LogP) is 3.31. The Morgan fingerprint density at radius 3 is 2.29 bits per heavy atom. The minimum absolute atomic E-state index is 0.123. The second-order valence-electron chi connectivity index (χ2n) is 5.87. The normalized spacial score (nSPS) is 11.0. The van der Waals surface area contributed by atoms with Gasteiger partial charge in [-0.3, -0.25) is 10.1 Å². The molecule has 21 heavy (non-hydrogen) atoms. The number of carbonyl (C=O) groups excluding carboxylic acids is 2. The van der Waals surface area contributed by atoms with Crippen LogP contribution in [0.4, 0.5) is 4.79 Å². The first kappa shape index (κ1) is 17.6. The van der Waals surface area contributed by atoms with E-state index >= 15 is 0 Å². The Morgan fingerprint density at radius 2 is 1.76 bits per heavy atom. The van der Waals surface area contributed by atoms with Gasteiger partial charge in [-0.2, -0.15) is 0 Å². The average Bonchev–Trinajstić information content (AvgIpc) is 2.42. The highest BCUT2D eigenvalue weighted by Gasteiger charge is 2.13. The van der Waals surface area contributed by atoms with E-state index in [-0.39, 0.29) is 17.1 Å². The summed E-state index contributed by atoms with van der Waals surface area (Å²) in [6.45, 7) is 9.02. The Balaban J connectivity index is 2.41. The van der Waals surface area contributed by atoms with Crippen molar-refractivity contribution in [2.24, 2.45) is 0 Å². The van der Waals surface area contributed by atoms with E-state index in [4.69, 9.17) is 0 Å². The van der Waals surface area contributed by atoms with Crippen LogP contribution in [-0.2, 0) is 10.2 Å². The summed E-state index contributed by atoms with van der Waals surface area (Å²) in [5, 5.41) is 4.92. The van der Waals surface area contributed by atoms with Gasteiger partial charge in [-0.25, -0.2) is 4.79 Å². The molecule has 0 aromatic heterocycles. The summed E-state index contributed by atoms with van der Waals surface area (Å²) in [5.74, 6) is -0.0532. The third kappa shape index (κ3) is 6.67. The smallest absolute Gasteiger partial charge is 0.321 e. The van der Waals surface area contributed by atoms with Crippen molar-refractivity contribution in [3.05, 3.63) is 29.8 Å². The van der Waals surface area contributed by atoms with Crippen LogP contribution in [0.25, 0.3) is 0 Å². The van der Waals surface area contributed by atoms with E-state index in [9.17, 15) is 9.59 Å². The molecule has 0 radical (unpaired) electrons. The van der Waals surface area contributed by atoms with Crippen molar-refractivity contribution >= 4 is 23.7 Å². The number of benzene rings is 1. The first-order valence-corrected chi connectivity index (χ1v) is 8.12. The van der Waals surface area contributed by atoms with Gasteiger partial charge in [0.05, 0.1) is 5.75 Å². The molecule has 1 aromatic rings. The molecule has 0 aliphatic heterocycles. The van der Waals surface area contributed by atoms with Crippen molar-refractivity contribution < 1.29 is 9.59 Å². The standard InChI is InChI=1S/C16H24N2O2S/c1-5-10-17-15(20)18-14(19)11-21-13-8-6-12(7-9-13)16(2,3)4/h6-9H,5,10-11H2,1-4H3,(H2,17,18,19,20). The van der Waals surface area contributed by atoms with Gasteiger partial charge in [0, 0.05) is 11.4 Å². The number of urea groups is 1. The lowest BCUT2D eigenvalue weighted by Gasteiger charge is -2.19. The molecular formula is C16H24N2O2S. The highest BCUT2D eigenvalue weighted by molar-refractivity contribution is 8.00. The predicted molar refractivity (Wildman–Crippen MR) is 87.7 cm³/mol. The Labute approximate surface area is 131 Å². The van der Waals surface area contributed by atoms with Gasteiger partial charge in [0.1, 0.15) is 0 Å². The summed E-state index contributed by atoms with van der Waals surface area (Å²) >= 11 is 1.42. The van der Waals surface area contributed by atoms with Crippen LogP contribution in [0.2, 0.25) is 0 Å². The lowest BCUT2D eigenvalue weighted by Crippen LogP contribution is -2.40. The maximum Gasteiger partial charge on any atom is 0.321 e. The summed E-state index contributed by atoms with van der Waals surface area (Å²) in [5.41, 5.74) is 1.38. The maximum atomic E-state index is 11.6. The Hall–Kier alpha value is -1.49. The van der Waals surface area contributed by atoms with Gasteiger partial charge in [-0.1, -0.05) is 39.8 Å². The number of nitrogens with one attached hydrogen (secondary N) is 2. The molecule has 0 unspecified atom stereocenters. The van der Waals surface area contributed by atoms with E-state index in [0.29, 0.717) is 6.54 Å². The molecule has 0 bridgehead atoms. The van der Waals surface area contributed by atoms with Crippen LogP contribution in [-0.4, -0.2) is 24.2 Å². The zero-order chi connectivity index (χ0) is 15.9. The van der Waals surface area contributed by atoms with E-state index < -0.39 is 6.03 Å². The summed E-state index contributed by atoms with van der Waals surface area (Å²) in [7, 11) is 0. The maximum absolute atomic E-state index is 11.6. The number of hydrogen-bond donors (Lipinski definition) is 2. The molecule has 116 valence electrons. The second kappa shape index (κ2) is 8.08. The summed E-state index contributed by atoms with van der Waals surface area (Å²) in [6, 6.07) is 7.75. The molecule has 2 N–H and O–H groups in total. The van der Waals surface area contributed by atoms with E-state index in [1.165, 1.54) is 17.3 Å². The molecule has 0 aliphatic carbocycles. The van der Waals surface area contributed by atoms with Gasteiger partial charge in [0.25, 0.3) is 0 Å². The number of thioether (sulfide) groups is 1. The van der Waals surface area contributed by atoms with E-state index in [1.54, 1.807) is 0 Å². The lowest BCUT2D eigenvalue weighted by molar-refractivity contribution is -0.117. The fourth-order valence-electron chi connectivity index (χ4n) is 1.65. The quantitative estimate of drug-likeness (QED) is 0.820. The number of rotatable bonds is 5. The van der Waals surface area contributed by atoms with Crippen molar-refractivity contribution in [2.45, 2.75) is 44.4 Å². The van der Waals surface area contributed by atoms with Crippen molar-refractivity contribution in [1.29, 1.82) is 0 Å². The zero-order valence-electron chi connectivity index (χ0n) is 13.2. The van der Waals surface area contributed by atoms with E-state index in [2.05, 4.69) is 43.5 Å². The zero-order valence-corrected chi connectivity index (χ0v) is 14.0. The number of amides is 3. The molecule has 5 heteroatoms. The molecule has 0 heterocycles. The highest BCUT2D eigenvalue weighted by Crippen LogP contribution is 2.25. The average molecular weight is 308 g/mol. The largest absolute Gasteiger partial charge is 0.338 e. The van der Waals surface area contributed by atoms with Crippen molar-refractivity contribution in [3.63, 3.8) is 0 Å². The first-order chi connectivity index (χ1) is 9.82. The van der Waals surface area contributed by atoms with E-state index in [0.717, 1.165) is 11.3 Å². The SMILES string of the molecule is CCCNC(=O)NC(=O)CSc1ccc(C(C)(C)C)cc1. The highest BCUT2D eigenvalue weighted by atomic mass is 32.2. The molecule has 0 spiro atoms. The van der Waals surface area contributed by atoms with Gasteiger partial charge in [-0.05, 0) is 29.5 Å². The topological polar surface area (TPSA) is 58.2 Å². The lowest BCUT2D eigenvalue weighted by atomic mass is 9.87. The Kier molecular flexibility index (Phi) is 6.75. The molecule has 4 nitrogen and oxygen atoms in total. The van der Waals surface area contributed by atoms with Gasteiger partial charge < -0.3 is 5.32 Å². The van der Waals surface area contributed by atoms with Crippen LogP contribution in [0.15, 0.2) is 29.2 Å². The van der Waals surface area contributed by atoms with Crippen LogP contribution in [0.1, 0.15) is 39.7 Å². The Morgan fingerprint density at radius 1 is 1.14 bits per heavy atom. The van der Waals surface area contributed by atoms with Crippen LogP contribution in [0.3, 0.4) is 0 Å². The molecule has 0 fully saturated rings. The van der Waals surface area contributed by atoms with E-state index in [1.807, 2.05) is 19.1 Å². The summed E-state index contributed by atoms with van der Waals surface area (Å²) in [4.78, 5) is 24.0. The van der Waals surface area contributed by atoms with Gasteiger partial charge >= 0.3 is 6.03 Å². The molecule has 3 amide bonds. The number of hydrogen-bond acceptors (Lipinski definition) is 3. The van der Waals surface area contributed by atoms with Crippen molar-refractivity contribution in [3.8, 4) is 0 Å². The third-order valence-electron chi connectivity index (χ3n) is 2.88. The van der Waals surface area contributed by atoms with Gasteiger partial charge in [0.2, 0.25) is 5.91 Å². The molecular weight excluding hydrogens is 284 g/mol. The van der Waals surface area contributed by atoms with Gasteiger partial charge in [-0.15, -0.1) is 11.8 Å². The molecule has 1 rings (SSSR count). The Bertz CT molecular complexity index is 478. The monoisotopic (exact) mass is 308 g/mol. The number of carbonyl (C=O) groups is 2. The molecule has 1 aromatic carbocycles. The van der Waals surface area contributed by atoms with Crippen LogP contribution < -0.4 is 10.6 Å². The molecule has 0 aliphatic rings. The van der Waals surface area contributed by atoms with Crippen LogP contribution in [0, 0.1) is 0 Å². The van der Waals surface area contributed by atoms with Crippen molar-refractivity contribution in [1.82, 2.24) is 10.6 Å². The molecule has 0 saturated heterocycles. The second-order valence-corrected chi connectivity index (χ2v) is 6.92. The fraction of sp³-hybridized carbons (Fsp3) is 0.500. The third-order valence-corrected chi connectivity index (χ3v) is 3.89. The fourth-order valence-corrected chi connectivity index (χ4v) is 2.34. The number of imide groups is 1. The molecule has 0 saturated carbocycles. The van der Waals surface area contributed by atoms with Gasteiger partial charge in [0.15, 0.2) is 0 Å². The first-order valence-electron chi connectivity index (χ1n) is 7.14.